The lowest BCUT2D eigenvalue weighted by molar-refractivity contribution is -0.141. The van der Waals surface area contributed by atoms with Gasteiger partial charge in [-0.25, -0.2) is 9.97 Å². The van der Waals surface area contributed by atoms with Gasteiger partial charge in [-0.2, -0.15) is 13.2 Å². The van der Waals surface area contributed by atoms with Gasteiger partial charge >= 0.3 is 6.18 Å². The van der Waals surface area contributed by atoms with Crippen LogP contribution >= 0.6 is 11.8 Å². The van der Waals surface area contributed by atoms with E-state index in [2.05, 4.69) is 9.97 Å². The normalized spacial score (nSPS) is 17.9. The number of halogens is 3. The highest BCUT2D eigenvalue weighted by Gasteiger charge is 2.34. The van der Waals surface area contributed by atoms with Crippen LogP contribution in [-0.4, -0.2) is 39.1 Å². The first-order valence-corrected chi connectivity index (χ1v) is 9.75. The summed E-state index contributed by atoms with van der Waals surface area (Å²) in [5.74, 6) is 0.580. The van der Waals surface area contributed by atoms with E-state index in [4.69, 9.17) is 4.42 Å². The Morgan fingerprint density at radius 2 is 2.19 bits per heavy atom. The molecule has 0 spiro atoms. The predicted octanol–water partition coefficient (Wildman–Crippen LogP) is 4.64. The van der Waals surface area contributed by atoms with Crippen LogP contribution in [0.3, 0.4) is 0 Å². The molecule has 1 amide bonds. The Bertz CT molecular complexity index is 781. The molecule has 2 aromatic heterocycles. The second-order valence-corrected chi connectivity index (χ2v) is 7.49. The SMILES string of the molecule is CC1CCCCN1C(=O)CCSc1nc(-c2ccco2)cc(C(F)(F)F)n1. The molecule has 27 heavy (non-hydrogen) atoms. The molecule has 1 atom stereocenters. The molecular formula is C18H20F3N3O2S. The number of carbonyl (C=O) groups excluding carboxylic acids is 1. The molecule has 0 bridgehead atoms. The van der Waals surface area contributed by atoms with Crippen LogP contribution in [-0.2, 0) is 11.0 Å². The van der Waals surface area contributed by atoms with Crippen molar-refractivity contribution in [3.8, 4) is 11.5 Å². The van der Waals surface area contributed by atoms with Crippen molar-refractivity contribution in [1.29, 1.82) is 0 Å². The average molecular weight is 399 g/mol. The molecular weight excluding hydrogens is 379 g/mol. The van der Waals surface area contributed by atoms with Crippen molar-refractivity contribution in [2.45, 2.75) is 50.0 Å². The fraction of sp³-hybridized carbons (Fsp3) is 0.500. The molecule has 146 valence electrons. The van der Waals surface area contributed by atoms with Gasteiger partial charge in [0.1, 0.15) is 11.4 Å². The molecule has 3 heterocycles. The van der Waals surface area contributed by atoms with Gasteiger partial charge in [-0.1, -0.05) is 11.8 Å². The molecule has 0 aliphatic carbocycles. The van der Waals surface area contributed by atoms with Gasteiger partial charge in [0.2, 0.25) is 5.91 Å². The van der Waals surface area contributed by atoms with E-state index < -0.39 is 11.9 Å². The number of furan rings is 1. The lowest BCUT2D eigenvalue weighted by atomic mass is 10.0. The Labute approximate surface area is 159 Å². The molecule has 0 saturated carbocycles. The maximum Gasteiger partial charge on any atom is 0.433 e. The fourth-order valence-corrected chi connectivity index (χ4v) is 3.81. The zero-order chi connectivity index (χ0) is 19.4. The third-order valence-corrected chi connectivity index (χ3v) is 5.29. The summed E-state index contributed by atoms with van der Waals surface area (Å²) < 4.78 is 44.6. The largest absolute Gasteiger partial charge is 0.463 e. The third-order valence-electron chi connectivity index (χ3n) is 4.44. The van der Waals surface area contributed by atoms with Gasteiger partial charge in [0, 0.05) is 24.8 Å². The third kappa shape index (κ3) is 5.03. The van der Waals surface area contributed by atoms with Gasteiger partial charge in [-0.3, -0.25) is 4.79 Å². The summed E-state index contributed by atoms with van der Waals surface area (Å²) >= 11 is 1.04. The molecule has 3 rings (SSSR count). The van der Waals surface area contributed by atoms with Gasteiger partial charge in [-0.05, 0) is 44.4 Å². The number of hydrogen-bond acceptors (Lipinski definition) is 5. The lowest BCUT2D eigenvalue weighted by Gasteiger charge is -2.33. The molecule has 0 radical (unpaired) electrons. The minimum atomic E-state index is -4.58. The molecule has 9 heteroatoms. The van der Waals surface area contributed by atoms with Crippen molar-refractivity contribution in [3.05, 3.63) is 30.2 Å². The fourth-order valence-electron chi connectivity index (χ4n) is 3.03. The van der Waals surface area contributed by atoms with Crippen LogP contribution in [0.1, 0.15) is 38.3 Å². The lowest BCUT2D eigenvalue weighted by Crippen LogP contribution is -2.42. The van der Waals surface area contributed by atoms with E-state index in [1.807, 2.05) is 11.8 Å². The standard InChI is InChI=1S/C18H20F3N3O2S/c1-12-5-2-3-8-24(12)16(25)7-10-27-17-22-13(14-6-4-9-26-14)11-15(23-17)18(19,20)21/h4,6,9,11-12H,2-3,5,7-8,10H2,1H3. The molecule has 1 saturated heterocycles. The van der Waals surface area contributed by atoms with Crippen LogP contribution in [0.25, 0.3) is 11.5 Å². The van der Waals surface area contributed by atoms with E-state index in [0.717, 1.165) is 43.6 Å². The van der Waals surface area contributed by atoms with Crippen molar-refractivity contribution in [2.24, 2.45) is 0 Å². The minimum Gasteiger partial charge on any atom is -0.463 e. The van der Waals surface area contributed by atoms with Crippen molar-refractivity contribution < 1.29 is 22.4 Å². The Balaban J connectivity index is 1.69. The van der Waals surface area contributed by atoms with Gasteiger partial charge in [0.15, 0.2) is 10.9 Å². The zero-order valence-corrected chi connectivity index (χ0v) is 15.6. The highest BCUT2D eigenvalue weighted by molar-refractivity contribution is 7.99. The van der Waals surface area contributed by atoms with Crippen LogP contribution in [0.4, 0.5) is 13.2 Å². The number of hydrogen-bond donors (Lipinski definition) is 0. The quantitative estimate of drug-likeness (QED) is 0.542. The van der Waals surface area contributed by atoms with E-state index in [1.54, 1.807) is 6.07 Å². The van der Waals surface area contributed by atoms with Crippen LogP contribution in [0.15, 0.2) is 34.0 Å². The van der Waals surface area contributed by atoms with Crippen molar-refractivity contribution in [3.63, 3.8) is 0 Å². The number of alkyl halides is 3. The average Bonchev–Trinajstić information content (AvgIpc) is 3.16. The van der Waals surface area contributed by atoms with Crippen molar-refractivity contribution >= 4 is 17.7 Å². The summed E-state index contributed by atoms with van der Waals surface area (Å²) in [5.41, 5.74) is -0.955. The first-order valence-electron chi connectivity index (χ1n) is 8.77. The molecule has 1 aliphatic heterocycles. The second-order valence-electron chi connectivity index (χ2n) is 6.43. The van der Waals surface area contributed by atoms with Crippen molar-refractivity contribution in [2.75, 3.05) is 12.3 Å². The Morgan fingerprint density at radius 1 is 1.37 bits per heavy atom. The molecule has 5 nitrogen and oxygen atoms in total. The maximum atomic E-state index is 13.1. The highest BCUT2D eigenvalue weighted by atomic mass is 32.2. The first-order chi connectivity index (χ1) is 12.8. The molecule has 0 aromatic carbocycles. The number of piperidine rings is 1. The summed E-state index contributed by atoms with van der Waals surface area (Å²) in [7, 11) is 0. The number of thioether (sulfide) groups is 1. The Kier molecular flexibility index (Phi) is 6.08. The topological polar surface area (TPSA) is 59.2 Å². The number of rotatable bonds is 5. The number of aromatic nitrogens is 2. The summed E-state index contributed by atoms with van der Waals surface area (Å²) in [5, 5.41) is -0.0179. The number of likely N-dealkylation sites (tertiary alicyclic amines) is 1. The molecule has 1 unspecified atom stereocenters. The maximum absolute atomic E-state index is 13.1. The van der Waals surface area contributed by atoms with Crippen LogP contribution in [0.5, 0.6) is 0 Å². The molecule has 1 fully saturated rings. The number of nitrogens with zero attached hydrogens (tertiary/aromatic N) is 3. The molecule has 1 aliphatic rings. The van der Waals surface area contributed by atoms with Gasteiger partial charge < -0.3 is 9.32 Å². The van der Waals surface area contributed by atoms with Crippen LogP contribution in [0.2, 0.25) is 0 Å². The van der Waals surface area contributed by atoms with E-state index in [0.29, 0.717) is 5.75 Å². The van der Waals surface area contributed by atoms with Gasteiger partial charge in [-0.15, -0.1) is 0 Å². The van der Waals surface area contributed by atoms with Crippen LogP contribution in [0, 0.1) is 0 Å². The molecule has 0 N–H and O–H groups in total. The predicted molar refractivity (Wildman–Crippen MR) is 95.1 cm³/mol. The summed E-state index contributed by atoms with van der Waals surface area (Å²) in [6, 6.07) is 4.20. The van der Waals surface area contributed by atoms with Crippen molar-refractivity contribution in [1.82, 2.24) is 14.9 Å². The first kappa shape index (κ1) is 19.7. The van der Waals surface area contributed by atoms with Gasteiger partial charge in [0.05, 0.1) is 6.26 Å². The smallest absolute Gasteiger partial charge is 0.433 e. The summed E-state index contributed by atoms with van der Waals surface area (Å²) in [4.78, 5) is 22.0. The second kappa shape index (κ2) is 8.33. The Hall–Kier alpha value is -2.03. The number of carbonyl (C=O) groups is 1. The van der Waals surface area contributed by atoms with Gasteiger partial charge in [0.25, 0.3) is 0 Å². The van der Waals surface area contributed by atoms with E-state index in [-0.39, 0.29) is 35.0 Å². The zero-order valence-electron chi connectivity index (χ0n) is 14.8. The highest BCUT2D eigenvalue weighted by Crippen LogP contribution is 2.32. The minimum absolute atomic E-state index is 0.0179. The van der Waals surface area contributed by atoms with E-state index in [1.165, 1.54) is 12.3 Å². The Morgan fingerprint density at radius 3 is 2.85 bits per heavy atom. The number of amides is 1. The van der Waals surface area contributed by atoms with E-state index >= 15 is 0 Å². The molecule has 2 aromatic rings. The van der Waals surface area contributed by atoms with Crippen LogP contribution < -0.4 is 0 Å². The monoisotopic (exact) mass is 399 g/mol. The summed E-state index contributed by atoms with van der Waals surface area (Å²) in [6.45, 7) is 2.77. The summed E-state index contributed by atoms with van der Waals surface area (Å²) in [6.07, 6.45) is 0.126. The van der Waals surface area contributed by atoms with E-state index in [9.17, 15) is 18.0 Å².